The molecule has 1 aromatic rings. The smallest absolute Gasteiger partial charge is 0.248 e. The second-order valence-corrected chi connectivity index (χ2v) is 6.06. The van der Waals surface area contributed by atoms with Crippen molar-refractivity contribution < 1.29 is 9.00 Å². The van der Waals surface area contributed by atoms with Crippen molar-refractivity contribution >= 4 is 16.7 Å². The second-order valence-electron chi connectivity index (χ2n) is 4.59. The molecule has 1 atom stereocenters. The fourth-order valence-electron chi connectivity index (χ4n) is 2.29. The Hall–Kier alpha value is -1.42. The molecule has 0 radical (unpaired) electrons. The Balaban J connectivity index is 2.13. The number of likely N-dealkylation sites (N-methyl/N-ethyl adjacent to an activating group) is 1. The molecule has 0 saturated heterocycles. The van der Waals surface area contributed by atoms with Gasteiger partial charge in [-0.2, -0.15) is 0 Å². The van der Waals surface area contributed by atoms with Gasteiger partial charge in [-0.15, -0.1) is 0 Å². The molecule has 4 heteroatoms. The minimum absolute atomic E-state index is 0.0450. The van der Waals surface area contributed by atoms with Gasteiger partial charge in [-0.25, -0.2) is 0 Å². The molecule has 1 aromatic carbocycles. The fourth-order valence-corrected chi connectivity index (χ4v) is 3.80. The number of rotatable bonds is 5. The van der Waals surface area contributed by atoms with Crippen molar-refractivity contribution in [1.82, 2.24) is 5.32 Å². The van der Waals surface area contributed by atoms with Crippen molar-refractivity contribution in [3.05, 3.63) is 46.4 Å². The van der Waals surface area contributed by atoms with Gasteiger partial charge in [-0.3, -0.25) is 9.00 Å². The molecule has 1 aliphatic carbocycles. The van der Waals surface area contributed by atoms with Gasteiger partial charge in [0.25, 0.3) is 0 Å². The summed E-state index contributed by atoms with van der Waals surface area (Å²) in [4.78, 5) is 12.8. The summed E-state index contributed by atoms with van der Waals surface area (Å²) in [6, 6.07) is 9.78. The lowest BCUT2D eigenvalue weighted by Crippen LogP contribution is -2.24. The normalized spacial score (nSPS) is 16.5. The van der Waals surface area contributed by atoms with Crippen LogP contribution in [-0.4, -0.2) is 16.7 Å². The Morgan fingerprint density at radius 3 is 2.68 bits per heavy atom. The van der Waals surface area contributed by atoms with Gasteiger partial charge in [0.2, 0.25) is 5.91 Å². The van der Waals surface area contributed by atoms with E-state index in [2.05, 4.69) is 5.32 Å². The number of hydrogen-bond donors (Lipinski definition) is 1. The van der Waals surface area contributed by atoms with Crippen LogP contribution in [0.3, 0.4) is 0 Å². The van der Waals surface area contributed by atoms with Crippen LogP contribution in [0.15, 0.2) is 40.8 Å². The van der Waals surface area contributed by atoms with Crippen LogP contribution in [-0.2, 0) is 21.3 Å². The van der Waals surface area contributed by atoms with Gasteiger partial charge in [0.05, 0.1) is 16.6 Å². The number of hydrogen-bond acceptors (Lipinski definition) is 2. The molecule has 1 N–H and O–H groups in total. The van der Waals surface area contributed by atoms with Crippen LogP contribution in [0.4, 0.5) is 0 Å². The summed E-state index contributed by atoms with van der Waals surface area (Å²) in [7, 11) is -1.08. The molecule has 0 aliphatic heterocycles. The lowest BCUT2D eigenvalue weighted by molar-refractivity contribution is -0.117. The fraction of sp³-hybridized carbons (Fsp3) is 0.400. The third-order valence-corrected chi connectivity index (χ3v) is 4.79. The first-order valence-corrected chi connectivity index (χ1v) is 7.96. The van der Waals surface area contributed by atoms with Gasteiger partial charge in [-0.05, 0) is 31.7 Å². The maximum absolute atomic E-state index is 12.4. The van der Waals surface area contributed by atoms with E-state index in [4.69, 9.17) is 0 Å². The summed E-state index contributed by atoms with van der Waals surface area (Å²) >= 11 is 0. The van der Waals surface area contributed by atoms with E-state index in [1.165, 1.54) is 0 Å². The van der Waals surface area contributed by atoms with Crippen molar-refractivity contribution in [1.29, 1.82) is 0 Å². The van der Waals surface area contributed by atoms with Crippen LogP contribution < -0.4 is 5.32 Å². The van der Waals surface area contributed by atoms with E-state index in [-0.39, 0.29) is 5.91 Å². The molecule has 0 bridgehead atoms. The molecule has 1 amide bonds. The first-order chi connectivity index (χ1) is 9.22. The first kappa shape index (κ1) is 14.0. The minimum Gasteiger partial charge on any atom is -0.353 e. The Morgan fingerprint density at radius 2 is 2.00 bits per heavy atom. The van der Waals surface area contributed by atoms with Crippen molar-refractivity contribution in [2.45, 2.75) is 31.9 Å². The SMILES string of the molecule is CCNC(=O)C1=C(S(=O)Cc2ccccc2)CCC1. The largest absolute Gasteiger partial charge is 0.353 e. The lowest BCUT2D eigenvalue weighted by Gasteiger charge is -2.07. The number of benzene rings is 1. The molecule has 3 nitrogen and oxygen atoms in total. The second kappa shape index (κ2) is 6.66. The van der Waals surface area contributed by atoms with Crippen molar-refractivity contribution in [3.63, 3.8) is 0 Å². The molecule has 0 fully saturated rings. The van der Waals surface area contributed by atoms with Crippen LogP contribution in [0.2, 0.25) is 0 Å². The molecule has 0 aromatic heterocycles. The van der Waals surface area contributed by atoms with Crippen LogP contribution >= 0.6 is 0 Å². The summed E-state index contributed by atoms with van der Waals surface area (Å²) in [6.45, 7) is 2.51. The third-order valence-electron chi connectivity index (χ3n) is 3.19. The van der Waals surface area contributed by atoms with E-state index in [0.29, 0.717) is 12.3 Å². The predicted octanol–water partition coefficient (Wildman–Crippen LogP) is 2.51. The zero-order chi connectivity index (χ0) is 13.7. The molecule has 19 heavy (non-hydrogen) atoms. The molecular weight excluding hydrogens is 258 g/mol. The first-order valence-electron chi connectivity index (χ1n) is 6.65. The molecule has 0 heterocycles. The number of carbonyl (C=O) groups excluding carboxylic acids is 1. The van der Waals surface area contributed by atoms with Crippen LogP contribution in [0.25, 0.3) is 0 Å². The zero-order valence-electron chi connectivity index (χ0n) is 11.1. The van der Waals surface area contributed by atoms with Gasteiger partial charge < -0.3 is 5.32 Å². The average molecular weight is 277 g/mol. The average Bonchev–Trinajstić information content (AvgIpc) is 2.89. The standard InChI is InChI=1S/C15H19NO2S/c1-2-16-15(17)13-9-6-10-14(13)19(18)11-12-7-4-3-5-8-12/h3-5,7-8H,2,6,9-11H2,1H3,(H,16,17). The summed E-state index contributed by atoms with van der Waals surface area (Å²) in [6.07, 6.45) is 2.47. The van der Waals surface area contributed by atoms with Crippen LogP contribution in [0.1, 0.15) is 31.7 Å². The van der Waals surface area contributed by atoms with Crippen LogP contribution in [0.5, 0.6) is 0 Å². The lowest BCUT2D eigenvalue weighted by atomic mass is 10.2. The molecule has 102 valence electrons. The van der Waals surface area contributed by atoms with Crippen molar-refractivity contribution in [2.24, 2.45) is 0 Å². The Labute approximate surface area is 116 Å². The van der Waals surface area contributed by atoms with Gasteiger partial charge in [0, 0.05) is 17.0 Å². The van der Waals surface area contributed by atoms with Crippen molar-refractivity contribution in [2.75, 3.05) is 6.54 Å². The van der Waals surface area contributed by atoms with Gasteiger partial charge in [0.15, 0.2) is 0 Å². The Bertz CT molecular complexity index is 508. The van der Waals surface area contributed by atoms with E-state index in [0.717, 1.165) is 35.3 Å². The molecule has 0 saturated carbocycles. The number of allylic oxidation sites excluding steroid dienone is 1. The summed E-state index contributed by atoms with van der Waals surface area (Å²) < 4.78 is 12.4. The van der Waals surface area contributed by atoms with E-state index in [1.54, 1.807) is 0 Å². The highest BCUT2D eigenvalue weighted by atomic mass is 32.2. The molecular formula is C15H19NO2S. The summed E-state index contributed by atoms with van der Waals surface area (Å²) in [5.74, 6) is 0.454. The molecule has 1 aliphatic rings. The van der Waals surface area contributed by atoms with Gasteiger partial charge in [0.1, 0.15) is 0 Å². The van der Waals surface area contributed by atoms with E-state index in [1.807, 2.05) is 37.3 Å². The maximum Gasteiger partial charge on any atom is 0.248 e. The zero-order valence-corrected chi connectivity index (χ0v) is 12.0. The highest BCUT2D eigenvalue weighted by Gasteiger charge is 2.24. The maximum atomic E-state index is 12.4. The van der Waals surface area contributed by atoms with E-state index < -0.39 is 10.8 Å². The number of amides is 1. The Morgan fingerprint density at radius 1 is 1.26 bits per heavy atom. The van der Waals surface area contributed by atoms with Crippen LogP contribution in [0, 0.1) is 0 Å². The van der Waals surface area contributed by atoms with E-state index in [9.17, 15) is 9.00 Å². The van der Waals surface area contributed by atoms with E-state index >= 15 is 0 Å². The monoisotopic (exact) mass is 277 g/mol. The van der Waals surface area contributed by atoms with Crippen molar-refractivity contribution in [3.8, 4) is 0 Å². The third kappa shape index (κ3) is 3.53. The van der Waals surface area contributed by atoms with Gasteiger partial charge >= 0.3 is 0 Å². The molecule has 2 rings (SSSR count). The number of nitrogens with one attached hydrogen (secondary N) is 1. The van der Waals surface area contributed by atoms with Gasteiger partial charge in [-0.1, -0.05) is 30.3 Å². The predicted molar refractivity (Wildman–Crippen MR) is 77.8 cm³/mol. The number of carbonyl (C=O) groups is 1. The topological polar surface area (TPSA) is 46.2 Å². The molecule has 1 unspecified atom stereocenters. The Kier molecular flexibility index (Phi) is 4.91. The minimum atomic E-state index is -1.08. The highest BCUT2D eigenvalue weighted by molar-refractivity contribution is 7.88. The molecule has 0 spiro atoms. The quantitative estimate of drug-likeness (QED) is 0.899. The summed E-state index contributed by atoms with van der Waals surface area (Å²) in [5, 5.41) is 2.80. The summed E-state index contributed by atoms with van der Waals surface area (Å²) in [5.41, 5.74) is 1.80. The highest BCUT2D eigenvalue weighted by Crippen LogP contribution is 2.29.